The molecule has 20 heavy (non-hydrogen) atoms. The first kappa shape index (κ1) is 15.3. The maximum atomic E-state index is 5.56. The van der Waals surface area contributed by atoms with Crippen molar-refractivity contribution >= 4 is 17.3 Å². The van der Waals surface area contributed by atoms with Gasteiger partial charge in [-0.1, -0.05) is 30.3 Å². The maximum absolute atomic E-state index is 5.56. The molecular weight excluding hydrogens is 268 g/mol. The third kappa shape index (κ3) is 5.47. The topological polar surface area (TPSA) is 33.3 Å². The number of hydrogen-bond acceptors (Lipinski definition) is 2. The highest BCUT2D eigenvalue weighted by Crippen LogP contribution is 2.10. The van der Waals surface area contributed by atoms with Crippen molar-refractivity contribution in [3.8, 4) is 0 Å². The second-order valence-corrected chi connectivity index (χ2v) is 5.82. The van der Waals surface area contributed by atoms with E-state index in [1.54, 1.807) is 0 Å². The minimum atomic E-state index is 0.328. The fourth-order valence-electron chi connectivity index (χ4n) is 2.39. The first-order valence-corrected chi connectivity index (χ1v) is 7.85. The molecule has 1 aromatic rings. The second-order valence-electron chi connectivity index (χ2n) is 5.41. The van der Waals surface area contributed by atoms with Gasteiger partial charge in [0.05, 0.1) is 6.10 Å². The summed E-state index contributed by atoms with van der Waals surface area (Å²) in [7, 11) is 0. The van der Waals surface area contributed by atoms with Crippen LogP contribution in [0.3, 0.4) is 0 Å². The molecule has 0 spiro atoms. The third-order valence-electron chi connectivity index (χ3n) is 3.60. The molecule has 1 saturated heterocycles. The van der Waals surface area contributed by atoms with Crippen LogP contribution in [0.25, 0.3) is 0 Å². The van der Waals surface area contributed by atoms with Gasteiger partial charge in [-0.25, -0.2) is 0 Å². The van der Waals surface area contributed by atoms with E-state index in [1.807, 2.05) is 0 Å². The molecule has 2 rings (SSSR count). The lowest BCUT2D eigenvalue weighted by Crippen LogP contribution is -2.43. The Morgan fingerprint density at radius 1 is 1.40 bits per heavy atom. The van der Waals surface area contributed by atoms with Gasteiger partial charge < -0.3 is 15.4 Å². The summed E-state index contributed by atoms with van der Waals surface area (Å²) in [6.07, 6.45) is 4.78. The van der Waals surface area contributed by atoms with Gasteiger partial charge in [0.1, 0.15) is 0 Å². The van der Waals surface area contributed by atoms with Gasteiger partial charge in [0, 0.05) is 19.2 Å². The van der Waals surface area contributed by atoms with Crippen LogP contribution in [0.15, 0.2) is 30.3 Å². The standard InChI is InChI=1S/C16H24N2OS/c1-13(9-10-14-6-3-2-4-7-14)18-16(20)17-12-15-8-5-11-19-15/h2-4,6-7,13,15H,5,8-12H2,1H3,(H2,17,18,20)/t13-,15-/m0/s1. The summed E-state index contributed by atoms with van der Waals surface area (Å²) in [5.74, 6) is 0. The fourth-order valence-corrected chi connectivity index (χ4v) is 2.67. The Morgan fingerprint density at radius 3 is 2.90 bits per heavy atom. The largest absolute Gasteiger partial charge is 0.376 e. The van der Waals surface area contributed by atoms with Gasteiger partial charge in [0.15, 0.2) is 5.11 Å². The number of hydrogen-bond donors (Lipinski definition) is 2. The molecule has 1 heterocycles. The van der Waals surface area contributed by atoms with E-state index in [-0.39, 0.29) is 0 Å². The zero-order valence-corrected chi connectivity index (χ0v) is 12.9. The van der Waals surface area contributed by atoms with Crippen molar-refractivity contribution in [1.29, 1.82) is 0 Å². The van der Waals surface area contributed by atoms with Crippen molar-refractivity contribution in [2.45, 2.75) is 44.8 Å². The van der Waals surface area contributed by atoms with Crippen LogP contribution in [0.2, 0.25) is 0 Å². The van der Waals surface area contributed by atoms with Crippen LogP contribution in [0.5, 0.6) is 0 Å². The Hall–Kier alpha value is -1.13. The number of thiocarbonyl (C=S) groups is 1. The number of benzene rings is 1. The SMILES string of the molecule is C[C@@H](CCc1ccccc1)NC(=S)NC[C@@H]1CCCO1. The molecule has 0 amide bonds. The van der Waals surface area contributed by atoms with Crippen LogP contribution in [0, 0.1) is 0 Å². The Kier molecular flexibility index (Phi) is 6.27. The van der Waals surface area contributed by atoms with Crippen LogP contribution in [0.1, 0.15) is 31.7 Å². The van der Waals surface area contributed by atoms with Crippen molar-refractivity contribution in [2.75, 3.05) is 13.2 Å². The maximum Gasteiger partial charge on any atom is 0.166 e. The lowest BCUT2D eigenvalue weighted by Gasteiger charge is -2.18. The molecule has 0 saturated carbocycles. The Labute approximate surface area is 127 Å². The summed E-state index contributed by atoms with van der Waals surface area (Å²) in [6.45, 7) is 3.88. The molecule has 3 nitrogen and oxygen atoms in total. The van der Waals surface area contributed by atoms with Crippen molar-refractivity contribution in [3.63, 3.8) is 0 Å². The van der Waals surface area contributed by atoms with Gasteiger partial charge in [-0.15, -0.1) is 0 Å². The summed E-state index contributed by atoms with van der Waals surface area (Å²) in [6, 6.07) is 10.9. The van der Waals surface area contributed by atoms with Crippen LogP contribution in [-0.2, 0) is 11.2 Å². The minimum absolute atomic E-state index is 0.328. The smallest absolute Gasteiger partial charge is 0.166 e. The van der Waals surface area contributed by atoms with E-state index in [0.717, 1.165) is 37.5 Å². The summed E-state index contributed by atoms with van der Waals surface area (Å²) < 4.78 is 5.56. The van der Waals surface area contributed by atoms with Crippen LogP contribution < -0.4 is 10.6 Å². The molecule has 110 valence electrons. The normalized spacial score (nSPS) is 19.6. The average molecular weight is 292 g/mol. The van der Waals surface area contributed by atoms with Gasteiger partial charge in [0.25, 0.3) is 0 Å². The third-order valence-corrected chi connectivity index (χ3v) is 3.86. The fraction of sp³-hybridized carbons (Fsp3) is 0.562. The molecule has 2 atom stereocenters. The monoisotopic (exact) mass is 292 g/mol. The van der Waals surface area contributed by atoms with Gasteiger partial charge in [-0.2, -0.15) is 0 Å². The van der Waals surface area contributed by atoms with Gasteiger partial charge in [0.2, 0.25) is 0 Å². The quantitative estimate of drug-likeness (QED) is 0.790. The van der Waals surface area contributed by atoms with Crippen molar-refractivity contribution < 1.29 is 4.74 Å². The molecule has 0 radical (unpaired) electrons. The van der Waals surface area contributed by atoms with Gasteiger partial charge in [-0.3, -0.25) is 0 Å². The van der Waals surface area contributed by atoms with Crippen molar-refractivity contribution in [1.82, 2.24) is 10.6 Å². The minimum Gasteiger partial charge on any atom is -0.376 e. The molecule has 0 unspecified atom stereocenters. The molecule has 4 heteroatoms. The second kappa shape index (κ2) is 8.22. The number of aryl methyl sites for hydroxylation is 1. The highest BCUT2D eigenvalue weighted by molar-refractivity contribution is 7.80. The van der Waals surface area contributed by atoms with E-state index in [9.17, 15) is 0 Å². The number of nitrogens with one attached hydrogen (secondary N) is 2. The Bertz CT molecular complexity index is 404. The van der Waals surface area contributed by atoms with E-state index in [1.165, 1.54) is 12.0 Å². The predicted octanol–water partition coefficient (Wildman–Crippen LogP) is 2.65. The summed E-state index contributed by atoms with van der Waals surface area (Å²) >= 11 is 5.32. The summed E-state index contributed by atoms with van der Waals surface area (Å²) in [4.78, 5) is 0. The Morgan fingerprint density at radius 2 is 2.20 bits per heavy atom. The average Bonchev–Trinajstić information content (AvgIpc) is 2.97. The van der Waals surface area contributed by atoms with E-state index < -0.39 is 0 Å². The molecule has 1 aromatic carbocycles. The molecular formula is C16H24N2OS. The number of rotatable bonds is 6. The molecule has 1 aliphatic rings. The summed E-state index contributed by atoms with van der Waals surface area (Å²) in [5, 5.41) is 7.32. The van der Waals surface area contributed by atoms with Crippen molar-refractivity contribution in [3.05, 3.63) is 35.9 Å². The lowest BCUT2D eigenvalue weighted by molar-refractivity contribution is 0.114. The van der Waals surface area contributed by atoms with E-state index in [4.69, 9.17) is 17.0 Å². The number of ether oxygens (including phenoxy) is 1. The molecule has 0 bridgehead atoms. The molecule has 1 aliphatic heterocycles. The van der Waals surface area contributed by atoms with Crippen LogP contribution in [0.4, 0.5) is 0 Å². The first-order chi connectivity index (χ1) is 9.74. The molecule has 0 aliphatic carbocycles. The van der Waals surface area contributed by atoms with Crippen LogP contribution >= 0.6 is 12.2 Å². The van der Waals surface area contributed by atoms with E-state index in [2.05, 4.69) is 47.9 Å². The van der Waals surface area contributed by atoms with Crippen LogP contribution in [-0.4, -0.2) is 30.4 Å². The highest BCUT2D eigenvalue weighted by atomic mass is 32.1. The molecule has 2 N–H and O–H groups in total. The van der Waals surface area contributed by atoms with Gasteiger partial charge >= 0.3 is 0 Å². The zero-order valence-electron chi connectivity index (χ0n) is 12.1. The van der Waals surface area contributed by atoms with E-state index in [0.29, 0.717) is 12.1 Å². The zero-order chi connectivity index (χ0) is 14.2. The summed E-state index contributed by atoms with van der Waals surface area (Å²) in [5.41, 5.74) is 1.37. The van der Waals surface area contributed by atoms with E-state index >= 15 is 0 Å². The lowest BCUT2D eigenvalue weighted by atomic mass is 10.1. The predicted molar refractivity (Wildman–Crippen MR) is 86.9 cm³/mol. The first-order valence-electron chi connectivity index (χ1n) is 7.44. The van der Waals surface area contributed by atoms with Gasteiger partial charge in [-0.05, 0) is 50.4 Å². The van der Waals surface area contributed by atoms with Crippen molar-refractivity contribution in [2.24, 2.45) is 0 Å². The molecule has 1 fully saturated rings. The molecule has 0 aromatic heterocycles. The Balaban J connectivity index is 1.60. The highest BCUT2D eigenvalue weighted by Gasteiger charge is 2.15.